The first-order valence-electron chi connectivity index (χ1n) is 16.7. The minimum Gasteiger partial charge on any atom is -0.305 e. The van der Waals surface area contributed by atoms with Gasteiger partial charge in [0.15, 0.2) is 0 Å². The normalized spacial score (nSPS) is 13.2. The number of hydrogen-bond acceptors (Lipinski definition) is 3. The van der Waals surface area contributed by atoms with E-state index in [-0.39, 0.29) is 20.1 Å². The summed E-state index contributed by atoms with van der Waals surface area (Å²) in [5.74, 6) is 0.850. The number of rotatable bonds is 6. The van der Waals surface area contributed by atoms with Gasteiger partial charge in [-0.3, -0.25) is 0 Å². The van der Waals surface area contributed by atoms with Crippen LogP contribution in [0.5, 0.6) is 0 Å². The summed E-state index contributed by atoms with van der Waals surface area (Å²) in [6.45, 7) is 7.00. The summed E-state index contributed by atoms with van der Waals surface area (Å²) >= 11 is 1.86. The van der Waals surface area contributed by atoms with Crippen LogP contribution in [-0.2, 0) is 26.5 Å². The first-order valence-corrected chi connectivity index (χ1v) is 21.0. The minimum absolute atomic E-state index is 0. The van der Waals surface area contributed by atoms with E-state index < -0.39 is 8.07 Å². The van der Waals surface area contributed by atoms with E-state index in [1.54, 1.807) is 0 Å². The summed E-state index contributed by atoms with van der Waals surface area (Å²) in [4.78, 5) is 9.19. The molecule has 1 saturated carbocycles. The molecule has 7 aromatic rings. The van der Waals surface area contributed by atoms with E-state index in [9.17, 15) is 0 Å². The van der Waals surface area contributed by atoms with Gasteiger partial charge in [-0.1, -0.05) is 117 Å². The maximum Gasteiger partial charge on any atom is 0.0795 e. The van der Waals surface area contributed by atoms with Crippen molar-refractivity contribution in [1.82, 2.24) is 9.97 Å². The van der Waals surface area contributed by atoms with Gasteiger partial charge in [0, 0.05) is 37.2 Å². The molecule has 0 atom stereocenters. The van der Waals surface area contributed by atoms with Gasteiger partial charge in [0.25, 0.3) is 0 Å². The van der Waals surface area contributed by atoms with Crippen molar-refractivity contribution in [3.63, 3.8) is 0 Å². The Bertz CT molecular complexity index is 2100. The van der Waals surface area contributed by atoms with Gasteiger partial charge in [-0.2, -0.15) is 11.3 Å². The van der Waals surface area contributed by atoms with E-state index in [0.717, 1.165) is 28.4 Å². The molecule has 0 unspecified atom stereocenters. The van der Waals surface area contributed by atoms with Gasteiger partial charge in [0.05, 0.1) is 8.07 Å². The third-order valence-electron chi connectivity index (χ3n) is 9.22. The van der Waals surface area contributed by atoms with Crippen LogP contribution in [0.3, 0.4) is 0 Å². The Balaban J connectivity index is 0.000000201. The molecule has 0 amide bonds. The van der Waals surface area contributed by atoms with Crippen LogP contribution in [0.1, 0.15) is 31.2 Å². The van der Waals surface area contributed by atoms with Crippen LogP contribution in [0.4, 0.5) is 0 Å². The van der Waals surface area contributed by atoms with Crippen LogP contribution >= 0.6 is 11.3 Å². The largest absolute Gasteiger partial charge is 0.305 e. The Labute approximate surface area is 303 Å². The molecule has 0 N–H and O–H groups in total. The van der Waals surface area contributed by atoms with Gasteiger partial charge in [0.2, 0.25) is 0 Å². The zero-order valence-electron chi connectivity index (χ0n) is 27.8. The number of pyridine rings is 2. The minimum atomic E-state index is -1.23. The molecule has 48 heavy (non-hydrogen) atoms. The van der Waals surface area contributed by atoms with Crippen LogP contribution in [0.2, 0.25) is 19.6 Å². The van der Waals surface area contributed by atoms with Gasteiger partial charge in [-0.15, -0.1) is 59.7 Å². The molecule has 3 heterocycles. The van der Waals surface area contributed by atoms with Gasteiger partial charge < -0.3 is 9.97 Å². The standard InChI is InChI=1S/C29H24NS.C14H16NSi.Ir/c1-2-8-22(9-3-1)23-11-13-28-26(18-23)25-12-10-24(19-29(25)31-28)27-17-21(14-15-30-27)16-20-6-4-5-7-20;1-16(2,3)13-9-10-14(15-11-13)12-7-5-4-6-8-12;/h1-3,8-9,11-15,17-20H,4-7,16H2;4-7,9-11H,1-3H3;/q2*-1;. The van der Waals surface area contributed by atoms with Crippen LogP contribution in [-0.4, -0.2) is 18.0 Å². The first kappa shape index (κ1) is 34.1. The van der Waals surface area contributed by atoms with Crippen LogP contribution < -0.4 is 5.19 Å². The maximum atomic E-state index is 4.67. The number of thiophene rings is 1. The van der Waals surface area contributed by atoms with Crippen molar-refractivity contribution in [2.45, 2.75) is 51.7 Å². The zero-order valence-corrected chi connectivity index (χ0v) is 32.0. The Morgan fingerprint density at radius 3 is 2.25 bits per heavy atom. The fourth-order valence-electron chi connectivity index (χ4n) is 6.52. The number of hydrogen-bond donors (Lipinski definition) is 0. The third kappa shape index (κ3) is 7.93. The van der Waals surface area contributed by atoms with E-state index in [1.165, 1.54) is 74.2 Å². The molecule has 0 saturated heterocycles. The van der Waals surface area contributed by atoms with Crippen molar-refractivity contribution in [1.29, 1.82) is 0 Å². The Hall–Kier alpha value is -3.73. The average molecular weight is 837 g/mol. The summed E-state index contributed by atoms with van der Waals surface area (Å²) in [5.41, 5.74) is 8.13. The maximum absolute atomic E-state index is 4.67. The van der Waals surface area contributed by atoms with E-state index in [1.807, 2.05) is 48.0 Å². The Morgan fingerprint density at radius 2 is 1.52 bits per heavy atom. The van der Waals surface area contributed by atoms with Gasteiger partial charge >= 0.3 is 0 Å². The van der Waals surface area contributed by atoms with Crippen LogP contribution in [0.25, 0.3) is 53.8 Å². The fraction of sp³-hybridized carbons (Fsp3) is 0.209. The SMILES string of the molecule is C[Si](C)(C)c1ccc(-c2[c-]cccc2)nc1.[Ir].[c-]1cc2c(cc1-c1cc(CC3CCCC3)ccn1)sc1ccc(-c3ccccc3)cc12. The zero-order chi connectivity index (χ0) is 32.2. The molecule has 0 aliphatic heterocycles. The van der Waals surface area contributed by atoms with Crippen molar-refractivity contribution >= 4 is 44.8 Å². The summed E-state index contributed by atoms with van der Waals surface area (Å²) in [7, 11) is -1.23. The Kier molecular flexibility index (Phi) is 10.8. The predicted octanol–water partition coefficient (Wildman–Crippen LogP) is 11.4. The predicted molar refractivity (Wildman–Crippen MR) is 204 cm³/mol. The second-order valence-electron chi connectivity index (χ2n) is 13.7. The molecule has 1 aliphatic carbocycles. The van der Waals surface area contributed by atoms with Gasteiger partial charge in [-0.25, -0.2) is 0 Å². The molecule has 3 aromatic heterocycles. The molecule has 1 aliphatic rings. The van der Waals surface area contributed by atoms with Crippen molar-refractivity contribution in [3.8, 4) is 33.6 Å². The molecule has 1 radical (unpaired) electrons. The molecule has 0 spiro atoms. The molecule has 4 aromatic carbocycles. The molecule has 5 heteroatoms. The first-order chi connectivity index (χ1) is 22.9. The number of nitrogens with zero attached hydrogens (tertiary/aromatic N) is 2. The topological polar surface area (TPSA) is 25.8 Å². The molecular formula is C43H40IrN2SSi-2. The molecular weight excluding hydrogens is 797 g/mol. The van der Waals surface area contributed by atoms with E-state index >= 15 is 0 Å². The number of benzene rings is 4. The van der Waals surface area contributed by atoms with Crippen LogP contribution in [0, 0.1) is 18.1 Å². The van der Waals surface area contributed by atoms with E-state index in [2.05, 4.69) is 127 Å². The number of aromatic nitrogens is 2. The van der Waals surface area contributed by atoms with E-state index in [4.69, 9.17) is 0 Å². The average Bonchev–Trinajstić information content (AvgIpc) is 3.76. The molecule has 8 rings (SSSR count). The molecule has 2 nitrogen and oxygen atoms in total. The fourth-order valence-corrected chi connectivity index (χ4v) is 8.66. The van der Waals surface area contributed by atoms with Gasteiger partial charge in [0.1, 0.15) is 0 Å². The van der Waals surface area contributed by atoms with Crippen molar-refractivity contribution in [2.24, 2.45) is 5.92 Å². The van der Waals surface area contributed by atoms with Crippen molar-refractivity contribution in [3.05, 3.63) is 139 Å². The molecule has 243 valence electrons. The van der Waals surface area contributed by atoms with E-state index in [0.29, 0.717) is 0 Å². The third-order valence-corrected chi connectivity index (χ3v) is 12.4. The quantitative estimate of drug-likeness (QED) is 0.123. The Morgan fingerprint density at radius 1 is 0.708 bits per heavy atom. The van der Waals surface area contributed by atoms with Crippen LogP contribution in [0.15, 0.2) is 122 Å². The summed E-state index contributed by atoms with van der Waals surface area (Å²) in [6.07, 6.45) is 10.7. The monoisotopic (exact) mass is 837 g/mol. The second-order valence-corrected chi connectivity index (χ2v) is 19.8. The summed E-state index contributed by atoms with van der Waals surface area (Å²) < 4.78 is 2.63. The number of fused-ring (bicyclic) bond motifs is 3. The summed E-state index contributed by atoms with van der Waals surface area (Å²) in [6, 6.07) is 45.2. The summed E-state index contributed by atoms with van der Waals surface area (Å²) in [5, 5.41) is 3.99. The van der Waals surface area contributed by atoms with Crippen molar-refractivity contribution in [2.75, 3.05) is 0 Å². The molecule has 1 fully saturated rings. The molecule has 0 bridgehead atoms. The van der Waals surface area contributed by atoms with Gasteiger partial charge in [-0.05, 0) is 62.3 Å². The second kappa shape index (κ2) is 15.2. The van der Waals surface area contributed by atoms with Crippen molar-refractivity contribution < 1.29 is 20.1 Å². The smallest absolute Gasteiger partial charge is 0.0795 e.